The molecule has 0 aromatic rings. The molecule has 7 nitrogen and oxygen atoms in total. The van der Waals surface area contributed by atoms with Crippen LogP contribution in [0.15, 0.2) is 0 Å². The number of carboxylic acids is 1. The van der Waals surface area contributed by atoms with Gasteiger partial charge in [-0.15, -0.1) is 11.8 Å². The van der Waals surface area contributed by atoms with Crippen LogP contribution in [-0.2, 0) is 19.2 Å². The predicted octanol–water partition coefficient (Wildman–Crippen LogP) is 4.17. The van der Waals surface area contributed by atoms with Crippen LogP contribution >= 0.6 is 45.3 Å². The third-order valence-corrected chi connectivity index (χ3v) is 8.65. The van der Waals surface area contributed by atoms with Gasteiger partial charge in [-0.1, -0.05) is 42.4 Å². The number of likely N-dealkylation sites (tertiary alicyclic amines) is 1. The summed E-state index contributed by atoms with van der Waals surface area (Å²) in [4.78, 5) is 49.2. The summed E-state index contributed by atoms with van der Waals surface area (Å²) in [6, 6.07) is 0. The smallest absolute Gasteiger partial charge is 0.303 e. The highest BCUT2D eigenvalue weighted by atomic mass is 33.1. The molecule has 0 aromatic carbocycles. The highest BCUT2D eigenvalue weighted by Gasteiger charge is 2.40. The van der Waals surface area contributed by atoms with E-state index in [1.807, 2.05) is 41.5 Å². The van der Waals surface area contributed by atoms with Gasteiger partial charge in [-0.05, 0) is 32.7 Å². The number of rotatable bonds is 12. The maximum absolute atomic E-state index is 12.5. The van der Waals surface area contributed by atoms with Crippen LogP contribution in [0.5, 0.6) is 0 Å². The highest BCUT2D eigenvalue weighted by Crippen LogP contribution is 2.35. The Hall–Kier alpha value is -0.520. The Balaban J connectivity index is 2.39. The summed E-state index contributed by atoms with van der Waals surface area (Å²) in [5.74, 6) is -0.0380. The van der Waals surface area contributed by atoms with Crippen molar-refractivity contribution in [1.29, 1.82) is 0 Å². The molecule has 1 fully saturated rings. The molecule has 1 rings (SSSR count). The molecule has 1 unspecified atom stereocenters. The molecule has 1 heterocycles. The Morgan fingerprint density at radius 2 is 1.65 bits per heavy atom. The van der Waals surface area contributed by atoms with Gasteiger partial charge in [0.25, 0.3) is 0 Å². The summed E-state index contributed by atoms with van der Waals surface area (Å²) in [6.07, 6.45) is 0.0908. The monoisotopic (exact) mass is 510 g/mol. The average Bonchev–Trinajstić information content (AvgIpc) is 2.85. The lowest BCUT2D eigenvalue weighted by Gasteiger charge is -2.28. The van der Waals surface area contributed by atoms with Crippen molar-refractivity contribution in [2.24, 2.45) is 0 Å². The van der Waals surface area contributed by atoms with Crippen LogP contribution in [0.25, 0.3) is 0 Å². The number of carbonyl (C=O) groups excluding carboxylic acids is 3. The van der Waals surface area contributed by atoms with Crippen molar-refractivity contribution in [3.8, 4) is 0 Å². The van der Waals surface area contributed by atoms with E-state index < -0.39 is 5.97 Å². The zero-order valence-corrected chi connectivity index (χ0v) is 22.4. The first-order valence-electron chi connectivity index (χ1n) is 10.2. The Bertz CT molecular complexity index is 661. The van der Waals surface area contributed by atoms with Crippen molar-refractivity contribution in [1.82, 2.24) is 9.21 Å². The molecule has 178 valence electrons. The number of nitrogens with zero attached hydrogens (tertiary/aromatic N) is 2. The number of amides is 3. The first kappa shape index (κ1) is 28.5. The van der Waals surface area contributed by atoms with E-state index in [4.69, 9.17) is 5.11 Å². The van der Waals surface area contributed by atoms with Crippen molar-refractivity contribution >= 4 is 69.0 Å². The van der Waals surface area contributed by atoms with E-state index in [-0.39, 0.29) is 51.7 Å². The lowest BCUT2D eigenvalue weighted by molar-refractivity contribution is -0.139. The molecule has 1 atom stereocenters. The van der Waals surface area contributed by atoms with E-state index in [1.54, 1.807) is 37.7 Å². The van der Waals surface area contributed by atoms with Gasteiger partial charge in [0.2, 0.25) is 17.7 Å². The normalized spacial score (nSPS) is 17.4. The molecule has 1 aliphatic rings. The van der Waals surface area contributed by atoms with E-state index in [0.29, 0.717) is 24.6 Å². The van der Waals surface area contributed by atoms with Crippen molar-refractivity contribution in [3.63, 3.8) is 0 Å². The minimum absolute atomic E-state index is 0.0108. The second kappa shape index (κ2) is 12.6. The fraction of sp³-hybridized carbons (Fsp3) is 0.800. The third kappa shape index (κ3) is 11.8. The summed E-state index contributed by atoms with van der Waals surface area (Å²) in [6.45, 7) is 13.0. The summed E-state index contributed by atoms with van der Waals surface area (Å²) in [5.41, 5.74) is 0. The fourth-order valence-corrected chi connectivity index (χ4v) is 7.03. The zero-order chi connectivity index (χ0) is 23.8. The molecule has 11 heteroatoms. The Morgan fingerprint density at radius 3 is 2.19 bits per heavy atom. The number of carbonyl (C=O) groups is 4. The highest BCUT2D eigenvalue weighted by molar-refractivity contribution is 8.76. The number of aliphatic carboxylic acids is 1. The van der Waals surface area contributed by atoms with Gasteiger partial charge in [0.1, 0.15) is 0 Å². The van der Waals surface area contributed by atoms with Gasteiger partial charge in [0, 0.05) is 46.9 Å². The average molecular weight is 511 g/mol. The van der Waals surface area contributed by atoms with Crippen LogP contribution in [0, 0.1) is 0 Å². The molecular weight excluding hydrogens is 476 g/mol. The van der Waals surface area contributed by atoms with E-state index in [0.717, 1.165) is 0 Å². The first-order valence-corrected chi connectivity index (χ1v) is 14.3. The van der Waals surface area contributed by atoms with E-state index in [2.05, 4.69) is 0 Å². The van der Waals surface area contributed by atoms with Crippen molar-refractivity contribution in [2.75, 3.05) is 24.6 Å². The maximum atomic E-state index is 12.5. The Kier molecular flexibility index (Phi) is 11.6. The standard InChI is InChI=1S/C20H34N2O5S4/c1-19(2,3)30-14-13-16(24)21(18(14)27)9-11-28-29-12-10-22(31-20(4,5)6)15(23)7-8-17(25)26/h14H,7-13H2,1-6H3,(H,25,26). The topological polar surface area (TPSA) is 95.0 Å². The molecule has 0 aromatic heterocycles. The SMILES string of the molecule is CC(C)(C)SC1CC(=O)N(CCSSCCN(SC(C)(C)C)C(=O)CCC(=O)O)C1=O. The molecule has 1 aliphatic heterocycles. The second-order valence-corrected chi connectivity index (χ2v) is 15.6. The van der Waals surface area contributed by atoms with E-state index in [9.17, 15) is 19.2 Å². The van der Waals surface area contributed by atoms with Gasteiger partial charge in [-0.25, -0.2) is 0 Å². The van der Waals surface area contributed by atoms with E-state index >= 15 is 0 Å². The van der Waals surface area contributed by atoms with Crippen molar-refractivity contribution in [3.05, 3.63) is 0 Å². The van der Waals surface area contributed by atoms with Crippen LogP contribution in [0.4, 0.5) is 0 Å². The quantitative estimate of drug-likeness (QED) is 0.180. The number of thioether (sulfide) groups is 1. The largest absolute Gasteiger partial charge is 0.481 e. The number of imide groups is 1. The van der Waals surface area contributed by atoms with E-state index in [1.165, 1.54) is 16.8 Å². The molecule has 0 radical (unpaired) electrons. The minimum Gasteiger partial charge on any atom is -0.481 e. The van der Waals surface area contributed by atoms with Gasteiger partial charge in [-0.3, -0.25) is 28.4 Å². The number of hydrogen-bond acceptors (Lipinski definition) is 8. The predicted molar refractivity (Wildman–Crippen MR) is 133 cm³/mol. The van der Waals surface area contributed by atoms with Crippen LogP contribution in [-0.4, -0.2) is 77.3 Å². The van der Waals surface area contributed by atoms with Gasteiger partial charge in [-0.2, -0.15) is 0 Å². The van der Waals surface area contributed by atoms with Crippen molar-refractivity contribution in [2.45, 2.75) is 75.5 Å². The van der Waals surface area contributed by atoms with Gasteiger partial charge in [0.05, 0.1) is 11.7 Å². The lowest BCUT2D eigenvalue weighted by atomic mass is 10.3. The number of carboxylic acid groups (broad SMARTS) is 1. The second-order valence-electron chi connectivity index (χ2n) is 9.04. The maximum Gasteiger partial charge on any atom is 0.303 e. The minimum atomic E-state index is -0.979. The van der Waals surface area contributed by atoms with Gasteiger partial charge >= 0.3 is 5.97 Å². The van der Waals surface area contributed by atoms with Gasteiger partial charge in [0.15, 0.2) is 0 Å². The molecule has 1 saturated heterocycles. The zero-order valence-electron chi connectivity index (χ0n) is 19.1. The number of hydrogen-bond donors (Lipinski definition) is 1. The third-order valence-electron chi connectivity index (χ3n) is 3.77. The summed E-state index contributed by atoms with van der Waals surface area (Å²) >= 11 is 2.96. The Labute approximate surface area is 202 Å². The molecule has 1 N–H and O–H groups in total. The molecule has 0 saturated carbocycles. The molecule has 31 heavy (non-hydrogen) atoms. The Morgan fingerprint density at radius 1 is 1.03 bits per heavy atom. The lowest BCUT2D eigenvalue weighted by Crippen LogP contribution is -2.34. The molecule has 0 bridgehead atoms. The molecule has 3 amide bonds. The summed E-state index contributed by atoms with van der Waals surface area (Å²) < 4.78 is 1.42. The van der Waals surface area contributed by atoms with Crippen LogP contribution in [0.3, 0.4) is 0 Å². The first-order chi connectivity index (χ1) is 14.2. The molecule has 0 spiro atoms. The molecular formula is C20H34N2O5S4. The summed E-state index contributed by atoms with van der Waals surface area (Å²) in [5, 5.41) is 8.52. The van der Waals surface area contributed by atoms with Crippen LogP contribution in [0.2, 0.25) is 0 Å². The molecule has 0 aliphatic carbocycles. The summed E-state index contributed by atoms with van der Waals surface area (Å²) in [7, 11) is 3.16. The van der Waals surface area contributed by atoms with Crippen LogP contribution in [0.1, 0.15) is 60.8 Å². The van der Waals surface area contributed by atoms with Crippen LogP contribution < -0.4 is 0 Å². The van der Waals surface area contributed by atoms with Gasteiger partial charge < -0.3 is 5.11 Å². The van der Waals surface area contributed by atoms with Crippen molar-refractivity contribution < 1.29 is 24.3 Å². The fourth-order valence-electron chi connectivity index (χ4n) is 2.66.